The van der Waals surface area contributed by atoms with Crippen molar-refractivity contribution < 1.29 is 9.59 Å². The van der Waals surface area contributed by atoms with Crippen molar-refractivity contribution in [2.75, 3.05) is 24.2 Å². The predicted octanol–water partition coefficient (Wildman–Crippen LogP) is 4.88. The summed E-state index contributed by atoms with van der Waals surface area (Å²) in [4.78, 5) is 36.8. The van der Waals surface area contributed by atoms with E-state index in [-0.39, 0.29) is 17.6 Å². The van der Waals surface area contributed by atoms with E-state index in [1.807, 2.05) is 37.3 Å². The van der Waals surface area contributed by atoms with E-state index in [0.29, 0.717) is 40.0 Å². The summed E-state index contributed by atoms with van der Waals surface area (Å²) in [7, 11) is 0. The fourth-order valence-corrected chi connectivity index (χ4v) is 5.19. The van der Waals surface area contributed by atoms with E-state index in [1.165, 1.54) is 4.68 Å². The minimum Gasteiger partial charge on any atom is -0.364 e. The fraction of sp³-hybridized carbons (Fsp3) is 0.226. The summed E-state index contributed by atoms with van der Waals surface area (Å²) >= 11 is 6.00. The molecule has 1 saturated heterocycles. The number of nitrogens with two attached hydrogens (primary N) is 2. The van der Waals surface area contributed by atoms with Crippen molar-refractivity contribution in [3.63, 3.8) is 0 Å². The summed E-state index contributed by atoms with van der Waals surface area (Å²) < 4.78 is 1.31. The molecule has 2 aromatic heterocycles. The zero-order chi connectivity index (χ0) is 28.9. The number of nitrogens with one attached hydrogen (secondary N) is 1. The van der Waals surface area contributed by atoms with Gasteiger partial charge in [-0.3, -0.25) is 14.5 Å². The monoisotopic (exact) mass is 567 g/mol. The second-order valence-electron chi connectivity index (χ2n) is 9.78. The van der Waals surface area contributed by atoms with Crippen molar-refractivity contribution in [3.05, 3.63) is 89.0 Å². The second kappa shape index (κ2) is 12.3. The number of anilines is 1. The third kappa shape index (κ3) is 6.09. The van der Waals surface area contributed by atoms with Crippen LogP contribution in [0.2, 0.25) is 5.02 Å². The highest BCUT2D eigenvalue weighted by molar-refractivity contribution is 6.30. The summed E-state index contributed by atoms with van der Waals surface area (Å²) in [5.74, 6) is 12.4. The van der Waals surface area contributed by atoms with Crippen LogP contribution in [0.3, 0.4) is 0 Å². The molecule has 10 heteroatoms. The number of benzene rings is 2. The number of primary amides is 1. The van der Waals surface area contributed by atoms with Gasteiger partial charge in [-0.05, 0) is 73.8 Å². The van der Waals surface area contributed by atoms with Crippen LogP contribution in [0.25, 0.3) is 22.4 Å². The summed E-state index contributed by atoms with van der Waals surface area (Å²) in [6.45, 7) is 3.27. The maximum atomic E-state index is 13.0. The first-order valence-electron chi connectivity index (χ1n) is 13.3. The predicted molar refractivity (Wildman–Crippen MR) is 161 cm³/mol. The van der Waals surface area contributed by atoms with Gasteiger partial charge >= 0.3 is 0 Å². The molecule has 41 heavy (non-hydrogen) atoms. The van der Waals surface area contributed by atoms with Gasteiger partial charge in [-0.2, -0.15) is 0 Å². The molecule has 2 amide bonds. The molecular weight excluding hydrogens is 538 g/mol. The van der Waals surface area contributed by atoms with Crippen LogP contribution in [0.4, 0.5) is 5.82 Å². The van der Waals surface area contributed by atoms with Crippen LogP contribution in [-0.2, 0) is 0 Å². The Morgan fingerprint density at radius 2 is 1.78 bits per heavy atom. The number of likely N-dealkylation sites (tertiary alicyclic amines) is 1. The fourth-order valence-electron chi connectivity index (χ4n) is 5.06. The number of imidazole rings is 1. The average Bonchev–Trinajstić information content (AvgIpc) is 3.33. The molecular formula is C31H30ClN7O2. The Hall–Kier alpha value is -4.65. The number of rotatable bonds is 7. The van der Waals surface area contributed by atoms with E-state index in [2.05, 4.69) is 27.0 Å². The van der Waals surface area contributed by atoms with Gasteiger partial charge in [0, 0.05) is 22.3 Å². The van der Waals surface area contributed by atoms with E-state index in [1.54, 1.807) is 36.5 Å². The highest BCUT2D eigenvalue weighted by Crippen LogP contribution is 2.33. The van der Waals surface area contributed by atoms with Gasteiger partial charge in [0.25, 0.3) is 11.8 Å². The SMILES string of the molecule is CC#CCN1CCCC[C@H]1c1nc(-c2ccc(C(=O)Nc3cc(-c4ccc(Cl)cc4)ccn3)cc2)c(C(N)=O)n1N. The number of aromatic nitrogens is 3. The first-order chi connectivity index (χ1) is 19.9. The Bertz CT molecular complexity index is 1640. The third-order valence-electron chi connectivity index (χ3n) is 7.14. The number of nitrogen functional groups attached to an aromatic ring is 1. The maximum Gasteiger partial charge on any atom is 0.269 e. The summed E-state index contributed by atoms with van der Waals surface area (Å²) in [6.07, 6.45) is 4.57. The van der Waals surface area contributed by atoms with Gasteiger partial charge in [0.2, 0.25) is 0 Å². The number of halogens is 1. The zero-order valence-corrected chi connectivity index (χ0v) is 23.4. The third-order valence-corrected chi connectivity index (χ3v) is 7.39. The summed E-state index contributed by atoms with van der Waals surface area (Å²) in [6, 6.07) is 17.8. The Balaban J connectivity index is 1.38. The average molecular weight is 568 g/mol. The molecule has 1 fully saturated rings. The van der Waals surface area contributed by atoms with Gasteiger partial charge < -0.3 is 16.9 Å². The molecule has 2 aromatic carbocycles. The highest BCUT2D eigenvalue weighted by atomic mass is 35.5. The first kappa shape index (κ1) is 27.9. The van der Waals surface area contributed by atoms with Crippen LogP contribution in [0, 0.1) is 11.8 Å². The van der Waals surface area contributed by atoms with Crippen LogP contribution in [0.5, 0.6) is 0 Å². The lowest BCUT2D eigenvalue weighted by Crippen LogP contribution is -2.37. The van der Waals surface area contributed by atoms with Crippen molar-refractivity contribution in [1.82, 2.24) is 19.5 Å². The smallest absolute Gasteiger partial charge is 0.269 e. The number of nitrogens with zero attached hydrogens (tertiary/aromatic N) is 4. The van der Waals surface area contributed by atoms with Crippen molar-refractivity contribution in [1.29, 1.82) is 0 Å². The van der Waals surface area contributed by atoms with Crippen LogP contribution < -0.4 is 16.9 Å². The van der Waals surface area contributed by atoms with Gasteiger partial charge in [-0.1, -0.05) is 48.2 Å². The van der Waals surface area contributed by atoms with Gasteiger partial charge in [-0.15, -0.1) is 5.92 Å². The Morgan fingerprint density at radius 1 is 1.05 bits per heavy atom. The molecule has 0 spiro atoms. The molecule has 0 bridgehead atoms. The number of hydrogen-bond donors (Lipinski definition) is 3. The number of piperidine rings is 1. The van der Waals surface area contributed by atoms with Crippen LogP contribution in [0.15, 0.2) is 66.9 Å². The second-order valence-corrected chi connectivity index (χ2v) is 10.2. The molecule has 0 saturated carbocycles. The number of amides is 2. The van der Waals surface area contributed by atoms with Crippen LogP contribution >= 0.6 is 11.6 Å². The molecule has 208 valence electrons. The largest absolute Gasteiger partial charge is 0.364 e. The summed E-state index contributed by atoms with van der Waals surface area (Å²) in [5.41, 5.74) is 9.13. The quantitative estimate of drug-likeness (QED) is 0.215. The van der Waals surface area contributed by atoms with E-state index < -0.39 is 5.91 Å². The molecule has 1 aliphatic heterocycles. The number of carbonyl (C=O) groups excluding carboxylic acids is 2. The van der Waals surface area contributed by atoms with Gasteiger partial charge in [0.1, 0.15) is 17.3 Å². The number of pyridine rings is 1. The Morgan fingerprint density at radius 3 is 2.49 bits per heavy atom. The lowest BCUT2D eigenvalue weighted by molar-refractivity contribution is 0.0990. The van der Waals surface area contributed by atoms with Crippen molar-refractivity contribution in [3.8, 4) is 34.2 Å². The molecule has 0 unspecified atom stereocenters. The van der Waals surface area contributed by atoms with Gasteiger partial charge in [0.05, 0.1) is 12.6 Å². The van der Waals surface area contributed by atoms with Gasteiger partial charge in [-0.25, -0.2) is 14.6 Å². The first-order valence-corrected chi connectivity index (χ1v) is 13.7. The normalized spacial score (nSPS) is 15.1. The maximum absolute atomic E-state index is 13.0. The molecule has 0 aliphatic carbocycles. The lowest BCUT2D eigenvalue weighted by atomic mass is 10.0. The van der Waals surface area contributed by atoms with E-state index in [0.717, 1.165) is 36.9 Å². The Kier molecular flexibility index (Phi) is 8.34. The summed E-state index contributed by atoms with van der Waals surface area (Å²) in [5, 5.41) is 3.49. The highest BCUT2D eigenvalue weighted by Gasteiger charge is 2.31. The van der Waals surface area contributed by atoms with Crippen molar-refractivity contribution in [2.24, 2.45) is 5.73 Å². The van der Waals surface area contributed by atoms with Gasteiger partial charge in [0.15, 0.2) is 5.69 Å². The molecule has 9 nitrogen and oxygen atoms in total. The van der Waals surface area contributed by atoms with E-state index in [9.17, 15) is 9.59 Å². The number of hydrogen-bond acceptors (Lipinski definition) is 6. The molecule has 5 N–H and O–H groups in total. The zero-order valence-electron chi connectivity index (χ0n) is 22.6. The lowest BCUT2D eigenvalue weighted by Gasteiger charge is -2.33. The van der Waals surface area contributed by atoms with Crippen LogP contribution in [-0.4, -0.2) is 44.4 Å². The minimum atomic E-state index is -0.676. The standard InChI is InChI=1S/C31H30ClN7O2/c1-2-3-17-38-18-5-4-6-25(38)30-37-27(28(29(33)40)39(30)34)21-7-9-22(10-8-21)31(41)36-26-19-23(15-16-35-26)20-11-13-24(32)14-12-20/h7-16,19,25H,4-6,17-18,34H2,1H3,(H2,33,40)(H,35,36,41)/t25-/m0/s1. The topological polar surface area (TPSA) is 132 Å². The molecule has 1 atom stereocenters. The molecule has 1 aliphatic rings. The Labute approximate surface area is 243 Å². The molecule has 4 aromatic rings. The van der Waals surface area contributed by atoms with E-state index in [4.69, 9.17) is 28.2 Å². The molecule has 3 heterocycles. The minimum absolute atomic E-state index is 0.0809. The molecule has 5 rings (SSSR count). The van der Waals surface area contributed by atoms with Crippen molar-refractivity contribution in [2.45, 2.75) is 32.2 Å². The number of carbonyl (C=O) groups is 2. The van der Waals surface area contributed by atoms with Crippen molar-refractivity contribution >= 4 is 29.2 Å². The molecule has 0 radical (unpaired) electrons. The van der Waals surface area contributed by atoms with Crippen LogP contribution in [0.1, 0.15) is 58.9 Å². The van der Waals surface area contributed by atoms with E-state index >= 15 is 0 Å².